The molecule has 0 fully saturated rings. The second-order valence-electron chi connectivity index (χ2n) is 7.54. The van der Waals surface area contributed by atoms with E-state index < -0.39 is 73.1 Å². The molecule has 0 saturated heterocycles. The Morgan fingerprint density at radius 1 is 0.829 bits per heavy atom. The minimum absolute atomic E-state index is 0.161. The van der Waals surface area contributed by atoms with E-state index in [1.165, 1.54) is 0 Å². The molecule has 0 aliphatic carbocycles. The standard InChI is InChI=1S/C21H25N5O9/c22-8-16(27)24-14(6-17(28)29)20(33)25-13(19(32)26-15(21(34)35)7-18(30)31)5-10-9-23-12-4-2-1-3-11(10)12/h1-4,9,13-15,23H,5-8,22H2,(H,24,27)(H,25,33)(H,26,32)(H,28,29)(H,30,31)(H,34,35). The summed E-state index contributed by atoms with van der Waals surface area (Å²) >= 11 is 0. The van der Waals surface area contributed by atoms with Crippen molar-refractivity contribution in [1.82, 2.24) is 20.9 Å². The van der Waals surface area contributed by atoms with Crippen molar-refractivity contribution in [3.63, 3.8) is 0 Å². The van der Waals surface area contributed by atoms with Crippen LogP contribution in [0.25, 0.3) is 10.9 Å². The molecule has 2 rings (SSSR count). The van der Waals surface area contributed by atoms with Gasteiger partial charge < -0.3 is 42.0 Å². The maximum Gasteiger partial charge on any atom is 0.326 e. The van der Waals surface area contributed by atoms with Crippen LogP contribution >= 0.6 is 0 Å². The number of fused-ring (bicyclic) bond motifs is 1. The van der Waals surface area contributed by atoms with Gasteiger partial charge in [-0.1, -0.05) is 18.2 Å². The minimum atomic E-state index is -1.78. The molecule has 0 aliphatic heterocycles. The number of carboxylic acids is 3. The number of aromatic nitrogens is 1. The fraction of sp³-hybridized carbons (Fsp3) is 0.333. The number of hydrogen-bond donors (Lipinski definition) is 8. The van der Waals surface area contributed by atoms with Gasteiger partial charge in [0.2, 0.25) is 17.7 Å². The molecule has 0 radical (unpaired) electrons. The molecule has 0 bridgehead atoms. The molecule has 1 heterocycles. The highest BCUT2D eigenvalue weighted by atomic mass is 16.4. The molecule has 14 nitrogen and oxygen atoms in total. The lowest BCUT2D eigenvalue weighted by Crippen LogP contribution is -2.57. The molecule has 3 atom stereocenters. The van der Waals surface area contributed by atoms with Crippen LogP contribution in [0.3, 0.4) is 0 Å². The fourth-order valence-electron chi connectivity index (χ4n) is 3.29. The molecule has 35 heavy (non-hydrogen) atoms. The van der Waals surface area contributed by atoms with Crippen molar-refractivity contribution in [1.29, 1.82) is 0 Å². The van der Waals surface area contributed by atoms with E-state index in [1.54, 1.807) is 30.5 Å². The van der Waals surface area contributed by atoms with Crippen LogP contribution in [0, 0.1) is 0 Å². The van der Waals surface area contributed by atoms with Gasteiger partial charge in [0, 0.05) is 23.5 Å². The van der Waals surface area contributed by atoms with Crippen LogP contribution in [0.4, 0.5) is 0 Å². The summed E-state index contributed by atoms with van der Waals surface area (Å²) in [5.41, 5.74) is 6.49. The number of amides is 3. The van der Waals surface area contributed by atoms with Gasteiger partial charge in [-0.15, -0.1) is 0 Å². The molecule has 0 saturated carbocycles. The van der Waals surface area contributed by atoms with Crippen molar-refractivity contribution in [2.45, 2.75) is 37.4 Å². The van der Waals surface area contributed by atoms with Crippen LogP contribution in [0.1, 0.15) is 18.4 Å². The van der Waals surface area contributed by atoms with Crippen LogP contribution < -0.4 is 21.7 Å². The van der Waals surface area contributed by atoms with E-state index in [0.29, 0.717) is 10.9 Å². The molecular formula is C21H25N5O9. The second kappa shape index (κ2) is 12.1. The number of nitrogens with one attached hydrogen (secondary N) is 4. The Hall–Kier alpha value is -4.46. The van der Waals surface area contributed by atoms with Gasteiger partial charge in [0.25, 0.3) is 0 Å². The highest BCUT2D eigenvalue weighted by Crippen LogP contribution is 2.19. The molecule has 188 valence electrons. The lowest BCUT2D eigenvalue weighted by atomic mass is 10.0. The SMILES string of the molecule is NCC(=O)NC(CC(=O)O)C(=O)NC(Cc1c[nH]c2ccccc12)C(=O)NC(CC(=O)O)C(=O)O. The largest absolute Gasteiger partial charge is 0.481 e. The predicted molar refractivity (Wildman–Crippen MR) is 119 cm³/mol. The number of carbonyl (C=O) groups excluding carboxylic acids is 3. The number of para-hydroxylation sites is 1. The third kappa shape index (κ3) is 7.82. The van der Waals surface area contributed by atoms with E-state index in [-0.39, 0.29) is 6.42 Å². The Balaban J connectivity index is 2.33. The lowest BCUT2D eigenvalue weighted by molar-refractivity contribution is -0.147. The summed E-state index contributed by atoms with van der Waals surface area (Å²) in [6, 6.07) is 2.23. The molecule has 1 aromatic heterocycles. The first-order valence-corrected chi connectivity index (χ1v) is 10.3. The number of benzene rings is 1. The van der Waals surface area contributed by atoms with Gasteiger partial charge in [0.15, 0.2) is 0 Å². The van der Waals surface area contributed by atoms with Crippen LogP contribution in [0.5, 0.6) is 0 Å². The monoisotopic (exact) mass is 491 g/mol. The van der Waals surface area contributed by atoms with Crippen molar-refractivity contribution < 1.29 is 44.1 Å². The van der Waals surface area contributed by atoms with E-state index >= 15 is 0 Å². The van der Waals surface area contributed by atoms with Crippen LogP contribution in [0.2, 0.25) is 0 Å². The van der Waals surface area contributed by atoms with E-state index in [9.17, 15) is 33.9 Å². The van der Waals surface area contributed by atoms with Gasteiger partial charge in [-0.2, -0.15) is 0 Å². The topological polar surface area (TPSA) is 241 Å². The number of H-pyrrole nitrogens is 1. The van der Waals surface area contributed by atoms with Crippen molar-refractivity contribution in [3.8, 4) is 0 Å². The zero-order valence-corrected chi connectivity index (χ0v) is 18.3. The van der Waals surface area contributed by atoms with Crippen LogP contribution in [-0.4, -0.2) is 80.6 Å². The molecule has 3 amide bonds. The van der Waals surface area contributed by atoms with Gasteiger partial charge in [-0.05, 0) is 11.6 Å². The van der Waals surface area contributed by atoms with Crippen molar-refractivity contribution in [2.75, 3.05) is 6.54 Å². The molecular weight excluding hydrogens is 466 g/mol. The number of rotatable bonds is 13. The predicted octanol–water partition coefficient (Wildman–Crippen LogP) is -1.84. The Morgan fingerprint density at radius 2 is 1.40 bits per heavy atom. The summed E-state index contributed by atoms with van der Waals surface area (Å²) in [5.74, 6) is -7.34. The van der Waals surface area contributed by atoms with Gasteiger partial charge >= 0.3 is 17.9 Å². The average Bonchev–Trinajstić information content (AvgIpc) is 3.19. The molecule has 1 aromatic carbocycles. The first kappa shape index (κ1) is 26.8. The third-order valence-electron chi connectivity index (χ3n) is 4.94. The van der Waals surface area contributed by atoms with Crippen molar-refractivity contribution in [3.05, 3.63) is 36.0 Å². The normalized spacial score (nSPS) is 13.3. The van der Waals surface area contributed by atoms with Gasteiger partial charge in [-0.3, -0.25) is 24.0 Å². The summed E-state index contributed by atoms with van der Waals surface area (Å²) in [7, 11) is 0. The molecule has 3 unspecified atom stereocenters. The third-order valence-corrected chi connectivity index (χ3v) is 4.94. The smallest absolute Gasteiger partial charge is 0.326 e. The molecule has 0 aliphatic rings. The average molecular weight is 491 g/mol. The highest BCUT2D eigenvalue weighted by molar-refractivity contribution is 5.96. The molecule has 0 spiro atoms. The first-order chi connectivity index (χ1) is 16.5. The fourth-order valence-corrected chi connectivity index (χ4v) is 3.29. The number of carboxylic acid groups (broad SMARTS) is 3. The Morgan fingerprint density at radius 3 is 2.00 bits per heavy atom. The summed E-state index contributed by atoms with van der Waals surface area (Å²) < 4.78 is 0. The molecule has 2 aromatic rings. The summed E-state index contributed by atoms with van der Waals surface area (Å²) in [6.07, 6.45) is -0.307. The summed E-state index contributed by atoms with van der Waals surface area (Å²) in [5, 5.41) is 34.5. The Bertz CT molecular complexity index is 1130. The Labute approximate surface area is 197 Å². The van der Waals surface area contributed by atoms with E-state index in [4.69, 9.17) is 15.9 Å². The first-order valence-electron chi connectivity index (χ1n) is 10.3. The van der Waals surface area contributed by atoms with Crippen LogP contribution in [-0.2, 0) is 35.2 Å². The zero-order valence-electron chi connectivity index (χ0n) is 18.3. The quantitative estimate of drug-likeness (QED) is 0.156. The Kier molecular flexibility index (Phi) is 9.28. The number of nitrogens with two attached hydrogens (primary N) is 1. The second-order valence-corrected chi connectivity index (χ2v) is 7.54. The van der Waals surface area contributed by atoms with E-state index in [2.05, 4.69) is 20.9 Å². The summed E-state index contributed by atoms with van der Waals surface area (Å²) in [4.78, 5) is 73.9. The van der Waals surface area contributed by atoms with Crippen LogP contribution in [0.15, 0.2) is 30.5 Å². The zero-order chi connectivity index (χ0) is 26.1. The molecule has 9 N–H and O–H groups in total. The number of hydrogen-bond acceptors (Lipinski definition) is 7. The van der Waals surface area contributed by atoms with Crippen molar-refractivity contribution >= 4 is 46.5 Å². The number of carbonyl (C=O) groups is 6. The number of aliphatic carboxylic acids is 3. The van der Waals surface area contributed by atoms with E-state index in [0.717, 1.165) is 5.52 Å². The molecule has 14 heteroatoms. The maximum absolute atomic E-state index is 12.9. The summed E-state index contributed by atoms with van der Waals surface area (Å²) in [6.45, 7) is -0.516. The minimum Gasteiger partial charge on any atom is -0.481 e. The van der Waals surface area contributed by atoms with E-state index in [1.807, 2.05) is 0 Å². The van der Waals surface area contributed by atoms with Gasteiger partial charge in [0.1, 0.15) is 18.1 Å². The number of aromatic amines is 1. The van der Waals surface area contributed by atoms with Gasteiger partial charge in [-0.25, -0.2) is 4.79 Å². The van der Waals surface area contributed by atoms with Gasteiger partial charge in [0.05, 0.1) is 19.4 Å². The lowest BCUT2D eigenvalue weighted by Gasteiger charge is -2.23. The highest BCUT2D eigenvalue weighted by Gasteiger charge is 2.31. The van der Waals surface area contributed by atoms with Crippen molar-refractivity contribution in [2.24, 2.45) is 5.73 Å². The maximum atomic E-state index is 12.9.